The van der Waals surface area contributed by atoms with Gasteiger partial charge >= 0.3 is 0 Å². The van der Waals surface area contributed by atoms with E-state index in [4.69, 9.17) is 5.73 Å². The Morgan fingerprint density at radius 3 is 3.11 bits per heavy atom. The maximum atomic E-state index is 11.8. The highest BCUT2D eigenvalue weighted by molar-refractivity contribution is 7.09. The molecule has 2 aromatic rings. The van der Waals surface area contributed by atoms with Crippen LogP contribution in [0.15, 0.2) is 24.0 Å². The molecule has 2 aromatic heterocycles. The first-order valence-corrected chi connectivity index (χ1v) is 6.35. The van der Waals surface area contributed by atoms with E-state index in [-0.39, 0.29) is 5.91 Å². The van der Waals surface area contributed by atoms with Crippen LogP contribution in [0.25, 0.3) is 0 Å². The predicted molar refractivity (Wildman–Crippen MR) is 68.1 cm³/mol. The van der Waals surface area contributed by atoms with Gasteiger partial charge in [0, 0.05) is 18.0 Å². The minimum atomic E-state index is -0.201. The number of hydrogen-bond donors (Lipinski definition) is 2. The summed E-state index contributed by atoms with van der Waals surface area (Å²) in [5, 5.41) is 5.37. The van der Waals surface area contributed by atoms with Gasteiger partial charge in [-0.2, -0.15) is 0 Å². The van der Waals surface area contributed by atoms with Crippen molar-refractivity contribution in [3.63, 3.8) is 0 Å². The maximum absolute atomic E-state index is 11.8. The molecule has 0 aliphatic rings. The summed E-state index contributed by atoms with van der Waals surface area (Å²) in [7, 11) is 0. The van der Waals surface area contributed by atoms with Crippen LogP contribution in [0.1, 0.15) is 21.2 Å². The number of nitrogens with one attached hydrogen (secondary N) is 1. The topological polar surface area (TPSA) is 93.8 Å². The van der Waals surface area contributed by atoms with E-state index >= 15 is 0 Å². The number of carbonyl (C=O) groups is 1. The van der Waals surface area contributed by atoms with Crippen molar-refractivity contribution in [2.24, 2.45) is 5.73 Å². The van der Waals surface area contributed by atoms with Gasteiger partial charge in [0.2, 0.25) is 0 Å². The van der Waals surface area contributed by atoms with E-state index in [2.05, 4.69) is 20.3 Å². The van der Waals surface area contributed by atoms with Crippen molar-refractivity contribution in [2.75, 3.05) is 6.54 Å². The van der Waals surface area contributed by atoms with Crippen molar-refractivity contribution in [3.05, 3.63) is 40.4 Å². The van der Waals surface area contributed by atoms with Crippen LogP contribution in [0.4, 0.5) is 0 Å². The Labute approximate surface area is 108 Å². The van der Waals surface area contributed by atoms with E-state index < -0.39 is 0 Å². The van der Waals surface area contributed by atoms with Gasteiger partial charge in [0.05, 0.1) is 17.2 Å². The monoisotopic (exact) mass is 263 g/mol. The minimum Gasteiger partial charge on any atom is -0.345 e. The molecule has 0 radical (unpaired) electrons. The molecule has 0 aliphatic carbocycles. The predicted octanol–water partition coefficient (Wildman–Crippen LogP) is 0.364. The summed E-state index contributed by atoms with van der Waals surface area (Å²) < 4.78 is 0. The first-order chi connectivity index (χ1) is 8.79. The number of aromatic nitrogens is 3. The molecule has 0 fully saturated rings. The molecule has 7 heteroatoms. The summed E-state index contributed by atoms with van der Waals surface area (Å²) in [6.45, 7) is 0.903. The maximum Gasteiger partial charge on any atom is 0.271 e. The third kappa shape index (κ3) is 3.31. The molecule has 0 aromatic carbocycles. The van der Waals surface area contributed by atoms with Crippen molar-refractivity contribution in [2.45, 2.75) is 13.0 Å². The molecular weight excluding hydrogens is 250 g/mol. The highest BCUT2D eigenvalue weighted by Crippen LogP contribution is 2.09. The molecule has 0 spiro atoms. The van der Waals surface area contributed by atoms with Crippen LogP contribution in [-0.2, 0) is 13.0 Å². The summed E-state index contributed by atoms with van der Waals surface area (Å²) >= 11 is 1.45. The van der Waals surface area contributed by atoms with Crippen LogP contribution in [0.5, 0.6) is 0 Å². The Kier molecular flexibility index (Phi) is 4.32. The van der Waals surface area contributed by atoms with Gasteiger partial charge in [-0.1, -0.05) is 0 Å². The van der Waals surface area contributed by atoms with Gasteiger partial charge in [0.15, 0.2) is 0 Å². The molecule has 0 saturated heterocycles. The SMILES string of the molecule is NCCc1nc(C(=O)NCc2ccncn2)cs1. The third-order valence-electron chi connectivity index (χ3n) is 2.22. The molecule has 94 valence electrons. The number of carbonyl (C=O) groups excluding carboxylic acids is 1. The number of hydrogen-bond acceptors (Lipinski definition) is 6. The zero-order chi connectivity index (χ0) is 12.8. The van der Waals surface area contributed by atoms with Crippen LogP contribution >= 0.6 is 11.3 Å². The van der Waals surface area contributed by atoms with Crippen molar-refractivity contribution < 1.29 is 4.79 Å². The lowest BCUT2D eigenvalue weighted by molar-refractivity contribution is 0.0946. The van der Waals surface area contributed by atoms with Crippen molar-refractivity contribution in [1.29, 1.82) is 0 Å². The quantitative estimate of drug-likeness (QED) is 0.812. The molecule has 18 heavy (non-hydrogen) atoms. The summed E-state index contributed by atoms with van der Waals surface area (Å²) in [6, 6.07) is 1.75. The number of rotatable bonds is 5. The lowest BCUT2D eigenvalue weighted by Gasteiger charge is -2.01. The molecule has 6 nitrogen and oxygen atoms in total. The molecule has 0 aliphatic heterocycles. The van der Waals surface area contributed by atoms with E-state index in [1.807, 2.05) is 0 Å². The number of amides is 1. The van der Waals surface area contributed by atoms with Crippen molar-refractivity contribution >= 4 is 17.2 Å². The van der Waals surface area contributed by atoms with Gasteiger partial charge in [-0.15, -0.1) is 11.3 Å². The number of nitrogens with zero attached hydrogens (tertiary/aromatic N) is 3. The van der Waals surface area contributed by atoms with E-state index in [1.54, 1.807) is 17.6 Å². The first-order valence-electron chi connectivity index (χ1n) is 5.47. The Morgan fingerprint density at radius 2 is 2.39 bits per heavy atom. The van der Waals surface area contributed by atoms with Gasteiger partial charge < -0.3 is 11.1 Å². The van der Waals surface area contributed by atoms with Gasteiger partial charge in [0.25, 0.3) is 5.91 Å². The first kappa shape index (κ1) is 12.6. The summed E-state index contributed by atoms with van der Waals surface area (Å²) in [4.78, 5) is 23.8. The zero-order valence-corrected chi connectivity index (χ0v) is 10.5. The van der Waals surface area contributed by atoms with Crippen LogP contribution in [0.2, 0.25) is 0 Å². The average Bonchev–Trinajstić information content (AvgIpc) is 2.86. The summed E-state index contributed by atoms with van der Waals surface area (Å²) in [5.74, 6) is -0.201. The second kappa shape index (κ2) is 6.18. The Hall–Kier alpha value is -1.86. The number of thiazole rings is 1. The second-order valence-corrected chi connectivity index (χ2v) is 4.49. The number of nitrogens with two attached hydrogens (primary N) is 1. The largest absolute Gasteiger partial charge is 0.345 e. The lowest BCUT2D eigenvalue weighted by Crippen LogP contribution is -2.23. The van der Waals surface area contributed by atoms with Gasteiger partial charge in [0.1, 0.15) is 12.0 Å². The molecule has 2 heterocycles. The smallest absolute Gasteiger partial charge is 0.271 e. The molecule has 0 atom stereocenters. The molecule has 0 unspecified atom stereocenters. The third-order valence-corrected chi connectivity index (χ3v) is 3.12. The lowest BCUT2D eigenvalue weighted by atomic mass is 10.4. The zero-order valence-electron chi connectivity index (χ0n) is 9.67. The van der Waals surface area contributed by atoms with E-state index in [0.717, 1.165) is 10.7 Å². The van der Waals surface area contributed by atoms with E-state index in [0.29, 0.717) is 25.2 Å². The van der Waals surface area contributed by atoms with Crippen LogP contribution < -0.4 is 11.1 Å². The van der Waals surface area contributed by atoms with Crippen molar-refractivity contribution in [3.8, 4) is 0 Å². The standard InChI is InChI=1S/C11H13N5OS/c12-3-1-10-16-9(6-18-10)11(17)14-5-8-2-4-13-7-15-8/h2,4,6-7H,1,3,5,12H2,(H,14,17). The average molecular weight is 263 g/mol. The van der Waals surface area contributed by atoms with Crippen molar-refractivity contribution in [1.82, 2.24) is 20.3 Å². The van der Waals surface area contributed by atoms with E-state index in [9.17, 15) is 4.79 Å². The highest BCUT2D eigenvalue weighted by atomic mass is 32.1. The molecule has 2 rings (SSSR count). The Balaban J connectivity index is 1.91. The van der Waals surface area contributed by atoms with Crippen LogP contribution in [0, 0.1) is 0 Å². The highest BCUT2D eigenvalue weighted by Gasteiger charge is 2.10. The molecular formula is C11H13N5OS. The van der Waals surface area contributed by atoms with Gasteiger partial charge in [-0.05, 0) is 12.6 Å². The summed E-state index contributed by atoms with van der Waals surface area (Å²) in [5.41, 5.74) is 6.62. The second-order valence-electron chi connectivity index (χ2n) is 3.55. The fourth-order valence-electron chi connectivity index (χ4n) is 1.34. The van der Waals surface area contributed by atoms with E-state index in [1.165, 1.54) is 17.7 Å². The molecule has 1 amide bonds. The minimum absolute atomic E-state index is 0.201. The molecule has 0 bridgehead atoms. The Bertz CT molecular complexity index is 513. The molecule has 3 N–H and O–H groups in total. The van der Waals surface area contributed by atoms with Crippen LogP contribution in [-0.4, -0.2) is 27.4 Å². The molecule has 0 saturated carbocycles. The van der Waals surface area contributed by atoms with Gasteiger partial charge in [-0.3, -0.25) is 4.79 Å². The van der Waals surface area contributed by atoms with Crippen LogP contribution in [0.3, 0.4) is 0 Å². The fraction of sp³-hybridized carbons (Fsp3) is 0.273. The fourth-order valence-corrected chi connectivity index (χ4v) is 2.13. The normalized spacial score (nSPS) is 10.3. The Morgan fingerprint density at radius 1 is 1.50 bits per heavy atom. The van der Waals surface area contributed by atoms with Gasteiger partial charge in [-0.25, -0.2) is 15.0 Å². The summed E-state index contributed by atoms with van der Waals surface area (Å²) in [6.07, 6.45) is 3.78.